The van der Waals surface area contributed by atoms with E-state index in [1.807, 2.05) is 0 Å². The van der Waals surface area contributed by atoms with Gasteiger partial charge in [-0.1, -0.05) is 95.8 Å². The van der Waals surface area contributed by atoms with E-state index in [4.69, 9.17) is 5.73 Å². The van der Waals surface area contributed by atoms with Gasteiger partial charge in [0.05, 0.1) is 0 Å². The van der Waals surface area contributed by atoms with Gasteiger partial charge < -0.3 is 5.73 Å². The molecule has 2 aliphatic carbocycles. The van der Waals surface area contributed by atoms with Crippen LogP contribution in [0.2, 0.25) is 0 Å². The van der Waals surface area contributed by atoms with Crippen LogP contribution < -0.4 is 5.73 Å². The van der Waals surface area contributed by atoms with Gasteiger partial charge in [0.15, 0.2) is 0 Å². The van der Waals surface area contributed by atoms with E-state index in [0.29, 0.717) is 23.7 Å². The first-order chi connectivity index (χ1) is 15.4. The summed E-state index contributed by atoms with van der Waals surface area (Å²) in [5.74, 6) is 3.62. The van der Waals surface area contributed by atoms with Gasteiger partial charge in [0.2, 0.25) is 0 Å². The minimum Gasteiger partial charge on any atom is -0.324 e. The lowest BCUT2D eigenvalue weighted by Gasteiger charge is -2.45. The second-order valence-electron chi connectivity index (χ2n) is 10.7. The topological polar surface area (TPSA) is 26.0 Å². The number of rotatable bonds is 11. The van der Waals surface area contributed by atoms with Crippen molar-refractivity contribution in [2.24, 2.45) is 40.7 Å². The van der Waals surface area contributed by atoms with Gasteiger partial charge in [-0.15, -0.1) is 12.8 Å². The molecule has 1 fully saturated rings. The molecule has 0 aromatic carbocycles. The largest absolute Gasteiger partial charge is 0.324 e. The first-order valence-electron chi connectivity index (χ1n) is 13.4. The Balaban J connectivity index is 0.00000249. The molecule has 0 heterocycles. The molecule has 0 aromatic heterocycles. The molecule has 1 nitrogen and oxygen atoms in total. The van der Waals surface area contributed by atoms with Crippen LogP contribution in [0.3, 0.4) is 0 Å². The summed E-state index contributed by atoms with van der Waals surface area (Å²) in [4.78, 5) is 0. The van der Waals surface area contributed by atoms with Crippen LogP contribution in [0.5, 0.6) is 0 Å². The Morgan fingerprint density at radius 3 is 2.31 bits per heavy atom. The highest BCUT2D eigenvalue weighted by Gasteiger charge is 2.40. The Morgan fingerprint density at radius 1 is 1.12 bits per heavy atom. The summed E-state index contributed by atoms with van der Waals surface area (Å²) < 4.78 is 0. The molecule has 182 valence electrons. The molecule has 1 saturated carbocycles. The monoisotopic (exact) mass is 439 g/mol. The van der Waals surface area contributed by atoms with Crippen LogP contribution in [0.25, 0.3) is 0 Å². The van der Waals surface area contributed by atoms with Crippen molar-refractivity contribution in [3.05, 3.63) is 36.5 Å². The quantitative estimate of drug-likeness (QED) is 0.253. The van der Waals surface area contributed by atoms with E-state index >= 15 is 0 Å². The highest BCUT2D eigenvalue weighted by atomic mass is 14.7. The van der Waals surface area contributed by atoms with Crippen LogP contribution in [0.15, 0.2) is 36.5 Å². The zero-order valence-corrected chi connectivity index (χ0v) is 22.0. The van der Waals surface area contributed by atoms with Crippen LogP contribution in [0.4, 0.5) is 0 Å². The summed E-state index contributed by atoms with van der Waals surface area (Å²) in [5, 5.41) is 0. The average Bonchev–Trinajstić information content (AvgIpc) is 2.82. The van der Waals surface area contributed by atoms with E-state index in [-0.39, 0.29) is 11.5 Å². The number of allylic oxidation sites excluding steroid dienone is 4. The summed E-state index contributed by atoms with van der Waals surface area (Å²) in [6, 6.07) is 0.237. The van der Waals surface area contributed by atoms with Gasteiger partial charge in [0, 0.05) is 6.04 Å². The first kappa shape index (κ1) is 28.8. The normalized spacial score (nSPS) is 29.1. The molecular formula is C31H53N. The molecule has 2 rings (SSSR count). The molecular weight excluding hydrogens is 386 g/mol. The molecule has 6 atom stereocenters. The van der Waals surface area contributed by atoms with Gasteiger partial charge in [-0.3, -0.25) is 0 Å². The van der Waals surface area contributed by atoms with Crippen molar-refractivity contribution in [3.63, 3.8) is 0 Å². The fraction of sp³-hybridized carbons (Fsp3) is 0.742. The number of hydrogen-bond donors (Lipinski definition) is 1. The van der Waals surface area contributed by atoms with Gasteiger partial charge in [-0.2, -0.15) is 0 Å². The standard InChI is InChI=1S/C29H51N.C2H2/c1-7-10-16-25(29(6,9-3)22(4)5)21-27-24(8-2)18-20-28(30)26(27)19-17-23-14-12-11-13-15-23;1-2/h7,10,18,20,23-28H,4,8-9,11-17,19,21,30H2,1-3,5-6H3;1-2H/b10-7+;/t24?,25?,26?,27?,28-,29+;/m0./s1. The van der Waals surface area contributed by atoms with Gasteiger partial charge in [0.1, 0.15) is 0 Å². The predicted octanol–water partition coefficient (Wildman–Crippen LogP) is 8.72. The van der Waals surface area contributed by atoms with Gasteiger partial charge in [0.25, 0.3) is 0 Å². The SMILES string of the molecule is C#C.C=C(C)[C@@](C)(CC)C(C/C=C/C)CC1C(CC)C=C[C@H](N)C1CCC1CCCCC1. The third-order valence-electron chi connectivity index (χ3n) is 9.10. The number of hydrogen-bond acceptors (Lipinski definition) is 1. The molecule has 0 amide bonds. The molecule has 1 heteroatoms. The van der Waals surface area contributed by atoms with Crippen molar-refractivity contribution >= 4 is 0 Å². The Kier molecular flexibility index (Phi) is 13.3. The highest BCUT2D eigenvalue weighted by Crippen LogP contribution is 2.48. The molecule has 0 aromatic rings. The van der Waals surface area contributed by atoms with Crippen LogP contribution in [0, 0.1) is 47.9 Å². The molecule has 0 spiro atoms. The van der Waals surface area contributed by atoms with E-state index in [1.165, 1.54) is 69.8 Å². The van der Waals surface area contributed by atoms with E-state index in [2.05, 4.69) is 78.3 Å². The number of nitrogens with two attached hydrogens (primary N) is 1. The lowest BCUT2D eigenvalue weighted by atomic mass is 9.60. The summed E-state index contributed by atoms with van der Waals surface area (Å²) >= 11 is 0. The molecule has 0 aliphatic heterocycles. The fourth-order valence-electron chi connectivity index (χ4n) is 6.44. The minimum atomic E-state index is 0.205. The van der Waals surface area contributed by atoms with E-state index in [1.54, 1.807) is 0 Å². The second kappa shape index (κ2) is 14.8. The van der Waals surface area contributed by atoms with Gasteiger partial charge in [-0.05, 0) is 81.0 Å². The lowest BCUT2D eigenvalue weighted by Crippen LogP contribution is -2.42. The average molecular weight is 440 g/mol. The second-order valence-corrected chi connectivity index (χ2v) is 10.7. The van der Waals surface area contributed by atoms with Crippen LogP contribution in [-0.2, 0) is 0 Å². The Bertz CT molecular complexity index is 605. The third kappa shape index (κ3) is 7.66. The molecule has 0 saturated heterocycles. The summed E-state index contributed by atoms with van der Waals surface area (Å²) in [5.41, 5.74) is 8.32. The fourth-order valence-corrected chi connectivity index (χ4v) is 6.44. The van der Waals surface area contributed by atoms with Crippen molar-refractivity contribution in [1.29, 1.82) is 0 Å². The minimum absolute atomic E-state index is 0.205. The van der Waals surface area contributed by atoms with Crippen molar-refractivity contribution in [1.82, 2.24) is 0 Å². The summed E-state index contributed by atoms with van der Waals surface area (Å²) in [7, 11) is 0. The molecule has 4 unspecified atom stereocenters. The van der Waals surface area contributed by atoms with Crippen LogP contribution in [0.1, 0.15) is 105 Å². The van der Waals surface area contributed by atoms with Crippen LogP contribution in [-0.4, -0.2) is 6.04 Å². The zero-order chi connectivity index (χ0) is 24.1. The predicted molar refractivity (Wildman–Crippen MR) is 144 cm³/mol. The maximum Gasteiger partial charge on any atom is 0.0255 e. The number of terminal acetylenes is 1. The van der Waals surface area contributed by atoms with Crippen LogP contribution >= 0.6 is 0 Å². The van der Waals surface area contributed by atoms with Crippen molar-refractivity contribution in [3.8, 4) is 12.8 Å². The molecule has 32 heavy (non-hydrogen) atoms. The van der Waals surface area contributed by atoms with Gasteiger partial charge in [-0.25, -0.2) is 0 Å². The maximum atomic E-state index is 6.76. The highest BCUT2D eigenvalue weighted by molar-refractivity contribution is 5.12. The molecule has 2 aliphatic rings. The Morgan fingerprint density at radius 2 is 1.78 bits per heavy atom. The molecule has 0 radical (unpaired) electrons. The van der Waals surface area contributed by atoms with E-state index < -0.39 is 0 Å². The Labute approximate surface area is 201 Å². The van der Waals surface area contributed by atoms with Gasteiger partial charge >= 0.3 is 0 Å². The summed E-state index contributed by atoms with van der Waals surface area (Å²) in [6.45, 7) is 16.0. The lowest BCUT2D eigenvalue weighted by molar-refractivity contribution is 0.112. The molecule has 2 N–H and O–H groups in total. The third-order valence-corrected chi connectivity index (χ3v) is 9.10. The Hall–Kier alpha value is -1.26. The van der Waals surface area contributed by atoms with Crippen molar-refractivity contribution in [2.45, 2.75) is 111 Å². The maximum absolute atomic E-state index is 6.76. The first-order valence-corrected chi connectivity index (χ1v) is 13.4. The molecule has 0 bridgehead atoms. The zero-order valence-electron chi connectivity index (χ0n) is 22.0. The summed E-state index contributed by atoms with van der Waals surface area (Å²) in [6.07, 6.45) is 32.2. The van der Waals surface area contributed by atoms with Crippen molar-refractivity contribution in [2.75, 3.05) is 0 Å². The van der Waals surface area contributed by atoms with E-state index in [9.17, 15) is 0 Å². The van der Waals surface area contributed by atoms with Crippen molar-refractivity contribution < 1.29 is 0 Å². The smallest absolute Gasteiger partial charge is 0.0255 e. The van der Waals surface area contributed by atoms with E-state index in [0.717, 1.165) is 12.3 Å².